The smallest absolute Gasteiger partial charge is 0.337 e. The predicted octanol–water partition coefficient (Wildman–Crippen LogP) is 6.37. The zero-order chi connectivity index (χ0) is 22.8. The maximum Gasteiger partial charge on any atom is 0.337 e. The van der Waals surface area contributed by atoms with Gasteiger partial charge in [0.1, 0.15) is 0 Å². The molecule has 2 aromatic carbocycles. The van der Waals surface area contributed by atoms with Crippen LogP contribution in [-0.2, 0) is 9.53 Å². The van der Waals surface area contributed by atoms with E-state index in [2.05, 4.69) is 59.7 Å². The van der Waals surface area contributed by atoms with E-state index in [0.29, 0.717) is 11.5 Å². The van der Waals surface area contributed by atoms with Crippen LogP contribution in [-0.4, -0.2) is 22.3 Å². The van der Waals surface area contributed by atoms with E-state index >= 15 is 0 Å². The molecule has 1 aliphatic heterocycles. The molecule has 166 valence electrons. The summed E-state index contributed by atoms with van der Waals surface area (Å²) in [7, 11) is 0. The van der Waals surface area contributed by atoms with Crippen LogP contribution >= 0.6 is 0 Å². The number of aromatic nitrogens is 2. The summed E-state index contributed by atoms with van der Waals surface area (Å²) in [5.74, 6) is 0.503. The van der Waals surface area contributed by atoms with E-state index in [4.69, 9.17) is 4.74 Å². The maximum atomic E-state index is 13.5. The number of nitrogens with one attached hydrogen (secondary N) is 2. The SMILES string of the molecule is CCC(C)OC(=O)C1=C(C)Nc2n[nH]c(-c3ccccc3)c2C1c1ccccc1C(C)C. The molecular weight excluding hydrogens is 398 g/mol. The van der Waals surface area contributed by atoms with Crippen LogP contribution in [0, 0.1) is 0 Å². The highest BCUT2D eigenvalue weighted by Gasteiger charge is 2.38. The molecule has 0 spiro atoms. The van der Waals surface area contributed by atoms with E-state index in [-0.39, 0.29) is 18.0 Å². The van der Waals surface area contributed by atoms with Gasteiger partial charge in [-0.15, -0.1) is 0 Å². The average Bonchev–Trinajstić information content (AvgIpc) is 3.21. The number of nitrogens with zero attached hydrogens (tertiary/aromatic N) is 1. The van der Waals surface area contributed by atoms with Crippen LogP contribution in [0.4, 0.5) is 5.82 Å². The number of rotatable bonds is 6. The maximum absolute atomic E-state index is 13.5. The molecular formula is C27H31N3O2. The summed E-state index contributed by atoms with van der Waals surface area (Å²) in [6.45, 7) is 10.2. The first kappa shape index (κ1) is 21.9. The lowest BCUT2D eigenvalue weighted by atomic mass is 9.77. The molecule has 1 aromatic heterocycles. The van der Waals surface area contributed by atoms with Crippen molar-refractivity contribution >= 4 is 11.8 Å². The van der Waals surface area contributed by atoms with Gasteiger partial charge in [-0.2, -0.15) is 5.10 Å². The largest absolute Gasteiger partial charge is 0.459 e. The summed E-state index contributed by atoms with van der Waals surface area (Å²) >= 11 is 0. The fourth-order valence-corrected chi connectivity index (χ4v) is 4.37. The van der Waals surface area contributed by atoms with Gasteiger partial charge in [0.2, 0.25) is 0 Å². The molecule has 0 aliphatic carbocycles. The van der Waals surface area contributed by atoms with E-state index < -0.39 is 0 Å². The molecule has 5 nitrogen and oxygen atoms in total. The molecule has 0 radical (unpaired) electrons. The first-order valence-corrected chi connectivity index (χ1v) is 11.3. The molecule has 4 rings (SSSR count). The van der Waals surface area contributed by atoms with Crippen molar-refractivity contribution in [2.45, 2.75) is 59.0 Å². The Morgan fingerprint density at radius 2 is 1.75 bits per heavy atom. The number of ether oxygens (including phenoxy) is 1. The van der Waals surface area contributed by atoms with Gasteiger partial charge in [-0.1, -0.05) is 75.4 Å². The minimum absolute atomic E-state index is 0.150. The predicted molar refractivity (Wildman–Crippen MR) is 129 cm³/mol. The van der Waals surface area contributed by atoms with Crippen molar-refractivity contribution in [3.05, 3.63) is 82.6 Å². The molecule has 5 heteroatoms. The van der Waals surface area contributed by atoms with E-state index in [0.717, 1.165) is 40.3 Å². The lowest BCUT2D eigenvalue weighted by molar-refractivity contribution is -0.143. The molecule has 0 bridgehead atoms. The number of aromatic amines is 1. The fourth-order valence-electron chi connectivity index (χ4n) is 4.37. The Balaban J connectivity index is 1.95. The second kappa shape index (κ2) is 9.03. The zero-order valence-corrected chi connectivity index (χ0v) is 19.4. The van der Waals surface area contributed by atoms with Gasteiger partial charge >= 0.3 is 5.97 Å². The van der Waals surface area contributed by atoms with Crippen molar-refractivity contribution < 1.29 is 9.53 Å². The van der Waals surface area contributed by atoms with E-state index in [9.17, 15) is 4.79 Å². The second-order valence-electron chi connectivity index (χ2n) is 8.73. The Labute approximate surface area is 189 Å². The Morgan fingerprint density at radius 1 is 1.06 bits per heavy atom. The van der Waals surface area contributed by atoms with Crippen molar-refractivity contribution in [2.75, 3.05) is 5.32 Å². The number of carbonyl (C=O) groups excluding carboxylic acids is 1. The summed E-state index contributed by atoms with van der Waals surface area (Å²) in [5, 5.41) is 11.2. The van der Waals surface area contributed by atoms with Crippen LogP contribution in [0.15, 0.2) is 65.9 Å². The molecule has 2 atom stereocenters. The normalized spacial score (nSPS) is 16.5. The Hall–Kier alpha value is -3.34. The van der Waals surface area contributed by atoms with Gasteiger partial charge in [-0.05, 0) is 42.9 Å². The van der Waals surface area contributed by atoms with Gasteiger partial charge in [-0.3, -0.25) is 5.10 Å². The third-order valence-corrected chi connectivity index (χ3v) is 6.19. The van der Waals surface area contributed by atoms with E-state index in [1.165, 1.54) is 5.56 Å². The highest BCUT2D eigenvalue weighted by atomic mass is 16.5. The molecule has 2 heterocycles. The van der Waals surface area contributed by atoms with Crippen LogP contribution in [0.3, 0.4) is 0 Å². The molecule has 3 aromatic rings. The summed E-state index contributed by atoms with van der Waals surface area (Å²) in [5.41, 5.74) is 6.67. The molecule has 0 amide bonds. The average molecular weight is 430 g/mol. The highest BCUT2D eigenvalue weighted by Crippen LogP contribution is 2.47. The first-order chi connectivity index (χ1) is 15.4. The van der Waals surface area contributed by atoms with Crippen molar-refractivity contribution in [3.63, 3.8) is 0 Å². The van der Waals surface area contributed by atoms with Crippen molar-refractivity contribution in [2.24, 2.45) is 0 Å². The van der Waals surface area contributed by atoms with E-state index in [1.807, 2.05) is 45.0 Å². The zero-order valence-electron chi connectivity index (χ0n) is 19.4. The molecule has 0 saturated carbocycles. The van der Waals surface area contributed by atoms with Gasteiger partial charge in [0.05, 0.1) is 17.4 Å². The van der Waals surface area contributed by atoms with Crippen LogP contribution in [0.2, 0.25) is 0 Å². The standard InChI is InChI=1S/C27H31N3O2/c1-6-17(4)32-27(31)22-18(5)28-26-24(25(29-30-26)19-12-8-7-9-13-19)23(22)21-15-11-10-14-20(21)16(2)3/h7-17,23H,6H2,1-5H3,(H2,28,29,30). The molecule has 2 unspecified atom stereocenters. The summed E-state index contributed by atoms with van der Waals surface area (Å²) in [4.78, 5) is 13.5. The summed E-state index contributed by atoms with van der Waals surface area (Å²) in [6, 6.07) is 18.5. The number of anilines is 1. The highest BCUT2D eigenvalue weighted by molar-refractivity contribution is 5.96. The van der Waals surface area contributed by atoms with Gasteiger partial charge in [-0.25, -0.2) is 4.79 Å². The lowest BCUT2D eigenvalue weighted by Crippen LogP contribution is -2.27. The minimum atomic E-state index is -0.282. The number of H-pyrrole nitrogens is 1. The molecule has 0 saturated heterocycles. The minimum Gasteiger partial charge on any atom is -0.459 e. The van der Waals surface area contributed by atoms with Crippen LogP contribution in [0.25, 0.3) is 11.3 Å². The van der Waals surface area contributed by atoms with Crippen molar-refractivity contribution in [1.82, 2.24) is 10.2 Å². The number of benzene rings is 2. The number of esters is 1. The molecule has 2 N–H and O–H groups in total. The Morgan fingerprint density at radius 3 is 2.44 bits per heavy atom. The van der Waals surface area contributed by atoms with Crippen LogP contribution in [0.1, 0.15) is 69.6 Å². The topological polar surface area (TPSA) is 67.0 Å². The van der Waals surface area contributed by atoms with Crippen LogP contribution in [0.5, 0.6) is 0 Å². The number of allylic oxidation sites excluding steroid dienone is 1. The number of hydrogen-bond acceptors (Lipinski definition) is 4. The molecule has 1 aliphatic rings. The molecule has 32 heavy (non-hydrogen) atoms. The van der Waals surface area contributed by atoms with Crippen LogP contribution < -0.4 is 5.32 Å². The van der Waals surface area contributed by atoms with Gasteiger partial charge < -0.3 is 10.1 Å². The second-order valence-corrected chi connectivity index (χ2v) is 8.73. The van der Waals surface area contributed by atoms with Crippen molar-refractivity contribution in [1.29, 1.82) is 0 Å². The Bertz CT molecular complexity index is 1140. The summed E-state index contributed by atoms with van der Waals surface area (Å²) < 4.78 is 5.83. The van der Waals surface area contributed by atoms with Gasteiger partial charge in [0, 0.05) is 17.2 Å². The van der Waals surface area contributed by atoms with Gasteiger partial charge in [0.25, 0.3) is 0 Å². The van der Waals surface area contributed by atoms with Gasteiger partial charge in [0.15, 0.2) is 5.82 Å². The number of fused-ring (bicyclic) bond motifs is 1. The molecule has 0 fully saturated rings. The first-order valence-electron chi connectivity index (χ1n) is 11.3. The number of hydrogen-bond donors (Lipinski definition) is 2. The number of carbonyl (C=O) groups is 1. The van der Waals surface area contributed by atoms with Crippen molar-refractivity contribution in [3.8, 4) is 11.3 Å². The monoisotopic (exact) mass is 429 g/mol. The van der Waals surface area contributed by atoms with E-state index in [1.54, 1.807) is 0 Å². The third-order valence-electron chi connectivity index (χ3n) is 6.19. The third kappa shape index (κ3) is 3.95. The lowest BCUT2D eigenvalue weighted by Gasteiger charge is -2.30. The summed E-state index contributed by atoms with van der Waals surface area (Å²) in [6.07, 6.45) is 0.619. The quantitative estimate of drug-likeness (QED) is 0.447. The fraction of sp³-hybridized carbons (Fsp3) is 0.333. The Kier molecular flexibility index (Phi) is 6.17.